The molecule has 1 aromatic heterocycles. The normalized spacial score (nSPS) is 12.5. The Balaban J connectivity index is 0.000000819. The summed E-state index contributed by atoms with van der Waals surface area (Å²) in [4.78, 5) is 4.47. The Morgan fingerprint density at radius 2 is 1.68 bits per heavy atom. The smallest absolute Gasteiger partial charge is 0.0382 e. The summed E-state index contributed by atoms with van der Waals surface area (Å²) in [5.74, 6) is -0.235. The zero-order valence-electron chi connectivity index (χ0n) is 13.4. The predicted molar refractivity (Wildman–Crippen MR) is 81.6 cm³/mol. The molecule has 0 saturated heterocycles. The summed E-state index contributed by atoms with van der Waals surface area (Å²) in [6.45, 7) is 6.23. The molecule has 0 amide bonds. The van der Waals surface area contributed by atoms with Gasteiger partial charge in [0.1, 0.15) is 0 Å². The number of aryl methyl sites for hydroxylation is 1. The van der Waals surface area contributed by atoms with E-state index in [-0.39, 0.29) is 31.3 Å². The molecule has 0 bridgehead atoms. The van der Waals surface area contributed by atoms with Gasteiger partial charge in [0.2, 0.25) is 0 Å². The Morgan fingerprint density at radius 3 is 2.27 bits per heavy atom. The molecule has 1 aliphatic carbocycles. The van der Waals surface area contributed by atoms with Crippen molar-refractivity contribution in [3.63, 3.8) is 0 Å². The van der Waals surface area contributed by atoms with Crippen molar-refractivity contribution >= 4 is 0 Å². The standard InChI is InChI=1S/C15H13FN.2CH4O.Ir/c1-9-6-13-14(17-8-9)11-5-4-10(16)7-12(11)15(13,2)3;2*1-2;/h4,6-8H,1-3H3;2*2H,1H3;/q-1;;;. The van der Waals surface area contributed by atoms with Crippen LogP contribution in [0.3, 0.4) is 0 Å². The molecular formula is C17H21FIrNO2-. The fourth-order valence-electron chi connectivity index (χ4n) is 2.55. The van der Waals surface area contributed by atoms with Crippen LogP contribution in [0, 0.1) is 18.8 Å². The molecule has 3 nitrogen and oxygen atoms in total. The number of nitrogens with zero attached hydrogens (tertiary/aromatic N) is 1. The third-order valence-electron chi connectivity index (χ3n) is 3.51. The van der Waals surface area contributed by atoms with Crippen molar-refractivity contribution in [3.05, 3.63) is 53.0 Å². The minimum absolute atomic E-state index is 0. The van der Waals surface area contributed by atoms with E-state index in [0.29, 0.717) is 0 Å². The van der Waals surface area contributed by atoms with Crippen LogP contribution in [0.5, 0.6) is 0 Å². The van der Waals surface area contributed by atoms with Crippen LogP contribution < -0.4 is 0 Å². The minimum atomic E-state index is -0.235. The van der Waals surface area contributed by atoms with E-state index < -0.39 is 0 Å². The van der Waals surface area contributed by atoms with Gasteiger partial charge in [0, 0.05) is 46.3 Å². The van der Waals surface area contributed by atoms with E-state index in [9.17, 15) is 4.39 Å². The molecule has 1 heterocycles. The SMILES string of the molecule is CO.CO.Cc1cnc2c(c1)C(C)(C)c1cc(F)c[c-]c1-2.[Ir]. The van der Waals surface area contributed by atoms with Gasteiger partial charge >= 0.3 is 0 Å². The Labute approximate surface area is 144 Å². The predicted octanol–water partition coefficient (Wildman–Crippen LogP) is 2.85. The fourth-order valence-corrected chi connectivity index (χ4v) is 2.55. The molecule has 1 aliphatic rings. The number of fused-ring (bicyclic) bond motifs is 3. The number of halogens is 1. The van der Waals surface area contributed by atoms with Crippen LogP contribution in [0.15, 0.2) is 24.4 Å². The zero-order chi connectivity index (χ0) is 16.2. The Kier molecular flexibility index (Phi) is 8.05. The molecule has 0 unspecified atom stereocenters. The van der Waals surface area contributed by atoms with Gasteiger partial charge in [-0.25, -0.2) is 0 Å². The van der Waals surface area contributed by atoms with Crippen LogP contribution in [0.4, 0.5) is 4.39 Å². The van der Waals surface area contributed by atoms with E-state index in [0.717, 1.165) is 42.2 Å². The van der Waals surface area contributed by atoms with Crippen molar-refractivity contribution in [1.29, 1.82) is 0 Å². The number of aliphatic hydroxyl groups is 2. The Hall–Kier alpha value is -1.13. The quantitative estimate of drug-likeness (QED) is 0.568. The number of benzene rings is 1. The van der Waals surface area contributed by atoms with E-state index in [1.807, 2.05) is 13.1 Å². The van der Waals surface area contributed by atoms with Crippen LogP contribution in [-0.2, 0) is 25.5 Å². The molecule has 0 aliphatic heterocycles. The molecule has 22 heavy (non-hydrogen) atoms. The molecule has 0 fully saturated rings. The molecule has 0 spiro atoms. The molecule has 2 aromatic rings. The summed E-state index contributed by atoms with van der Waals surface area (Å²) >= 11 is 0. The molecule has 1 radical (unpaired) electrons. The maximum Gasteiger partial charge on any atom is 0.0382 e. The van der Waals surface area contributed by atoms with E-state index in [2.05, 4.69) is 31.0 Å². The van der Waals surface area contributed by atoms with Crippen molar-refractivity contribution in [2.45, 2.75) is 26.2 Å². The maximum atomic E-state index is 13.4. The van der Waals surface area contributed by atoms with Crippen LogP contribution in [0.25, 0.3) is 11.3 Å². The van der Waals surface area contributed by atoms with Gasteiger partial charge in [0.15, 0.2) is 0 Å². The van der Waals surface area contributed by atoms with Gasteiger partial charge < -0.3 is 15.2 Å². The summed E-state index contributed by atoms with van der Waals surface area (Å²) in [5, 5.41) is 14.0. The second kappa shape index (κ2) is 8.49. The first-order chi connectivity index (χ1) is 10.00. The summed E-state index contributed by atoms with van der Waals surface area (Å²) in [6, 6.07) is 8.12. The molecule has 0 saturated carbocycles. The van der Waals surface area contributed by atoms with Gasteiger partial charge in [0.25, 0.3) is 0 Å². The van der Waals surface area contributed by atoms with Crippen molar-refractivity contribution in [1.82, 2.24) is 4.98 Å². The van der Waals surface area contributed by atoms with Crippen LogP contribution in [0.1, 0.15) is 30.5 Å². The van der Waals surface area contributed by atoms with Gasteiger partial charge in [-0.05, 0) is 23.6 Å². The number of rotatable bonds is 0. The van der Waals surface area contributed by atoms with E-state index in [1.54, 1.807) is 6.07 Å². The second-order valence-electron chi connectivity index (χ2n) is 5.14. The van der Waals surface area contributed by atoms with E-state index in [4.69, 9.17) is 10.2 Å². The zero-order valence-corrected chi connectivity index (χ0v) is 15.8. The Morgan fingerprint density at radius 1 is 1.09 bits per heavy atom. The summed E-state index contributed by atoms with van der Waals surface area (Å²) in [5.41, 5.74) is 4.95. The summed E-state index contributed by atoms with van der Waals surface area (Å²) in [7, 11) is 2.00. The van der Waals surface area contributed by atoms with Crippen LogP contribution >= 0.6 is 0 Å². The van der Waals surface area contributed by atoms with Gasteiger partial charge in [0.05, 0.1) is 0 Å². The second-order valence-corrected chi connectivity index (χ2v) is 5.14. The first-order valence-corrected chi connectivity index (χ1v) is 6.59. The number of aliphatic hydroxyl groups excluding tert-OH is 2. The molecule has 1 aromatic carbocycles. The molecule has 3 rings (SSSR count). The third kappa shape index (κ3) is 3.61. The van der Waals surface area contributed by atoms with Gasteiger partial charge in [-0.3, -0.25) is 4.39 Å². The molecular weight excluding hydrogens is 461 g/mol. The summed E-state index contributed by atoms with van der Waals surface area (Å²) in [6.07, 6.45) is 1.85. The van der Waals surface area contributed by atoms with Crippen molar-refractivity contribution < 1.29 is 34.7 Å². The topological polar surface area (TPSA) is 53.4 Å². The van der Waals surface area contributed by atoms with E-state index >= 15 is 0 Å². The van der Waals surface area contributed by atoms with Crippen molar-refractivity contribution in [3.8, 4) is 11.3 Å². The number of hydrogen-bond acceptors (Lipinski definition) is 3. The number of hydrogen-bond donors (Lipinski definition) is 2. The number of aromatic nitrogens is 1. The first kappa shape index (κ1) is 20.9. The molecule has 123 valence electrons. The number of pyridine rings is 1. The van der Waals surface area contributed by atoms with Crippen molar-refractivity contribution in [2.24, 2.45) is 0 Å². The fraction of sp³-hybridized carbons (Fsp3) is 0.353. The molecule has 0 atom stereocenters. The molecule has 5 heteroatoms. The van der Waals surface area contributed by atoms with Gasteiger partial charge in [-0.15, -0.1) is 29.3 Å². The van der Waals surface area contributed by atoms with Gasteiger partial charge in [-0.1, -0.05) is 25.5 Å². The van der Waals surface area contributed by atoms with E-state index in [1.165, 1.54) is 6.07 Å². The Bertz CT molecular complexity index is 577. The monoisotopic (exact) mass is 483 g/mol. The first-order valence-electron chi connectivity index (χ1n) is 6.59. The van der Waals surface area contributed by atoms with Gasteiger partial charge in [-0.2, -0.15) is 0 Å². The van der Waals surface area contributed by atoms with Crippen molar-refractivity contribution in [2.75, 3.05) is 14.2 Å². The largest absolute Gasteiger partial charge is 0.400 e. The maximum absolute atomic E-state index is 13.4. The minimum Gasteiger partial charge on any atom is -0.400 e. The van der Waals surface area contributed by atoms with Crippen LogP contribution in [0.2, 0.25) is 0 Å². The summed E-state index contributed by atoms with van der Waals surface area (Å²) < 4.78 is 13.4. The third-order valence-corrected chi connectivity index (χ3v) is 3.51. The molecule has 2 N–H and O–H groups in total. The average molecular weight is 483 g/mol. The average Bonchev–Trinajstić information content (AvgIpc) is 2.71. The van der Waals surface area contributed by atoms with Crippen LogP contribution in [-0.4, -0.2) is 29.4 Å².